The van der Waals surface area contributed by atoms with Crippen LogP contribution in [-0.2, 0) is 9.59 Å². The van der Waals surface area contributed by atoms with Gasteiger partial charge in [0.15, 0.2) is 13.1 Å². The fourth-order valence-electron chi connectivity index (χ4n) is 2.39. The van der Waals surface area contributed by atoms with E-state index in [1.807, 2.05) is 0 Å². The van der Waals surface area contributed by atoms with Gasteiger partial charge in [0.25, 0.3) is 6.54 Å². The number of nitrogens with zero attached hydrogens (tertiary/aromatic N) is 2. The highest BCUT2D eigenvalue weighted by Crippen LogP contribution is 2.13. The summed E-state index contributed by atoms with van der Waals surface area (Å²) in [5.41, 5.74) is 5.42. The van der Waals surface area contributed by atoms with Crippen LogP contribution < -0.4 is 11.1 Å². The predicted octanol–water partition coefficient (Wildman–Crippen LogP) is 1.42. The summed E-state index contributed by atoms with van der Waals surface area (Å²) in [4.78, 5) is 36.4. The lowest BCUT2D eigenvalue weighted by atomic mass is 9.70. The third-order valence-corrected chi connectivity index (χ3v) is 3.78. The van der Waals surface area contributed by atoms with E-state index in [1.165, 1.54) is 7.28 Å². The molecule has 0 heterocycles. The monoisotopic (exact) mass is 353 g/mol. The first-order chi connectivity index (χ1) is 12.0. The Labute approximate surface area is 150 Å². The Kier molecular flexibility index (Phi) is 14.4. The van der Waals surface area contributed by atoms with Gasteiger partial charge < -0.3 is 15.8 Å². The van der Waals surface area contributed by atoms with Crippen LogP contribution in [0.3, 0.4) is 0 Å². The molecule has 1 atom stereocenters. The molecule has 9 heteroatoms. The third-order valence-electron chi connectivity index (χ3n) is 3.78. The molecular weight excluding hydrogens is 323 g/mol. The zero-order chi connectivity index (χ0) is 18.9. The highest BCUT2D eigenvalue weighted by molar-refractivity contribution is 6.66. The third kappa shape index (κ3) is 14.1. The van der Waals surface area contributed by atoms with Crippen molar-refractivity contribution in [3.05, 3.63) is 10.1 Å². The Balaban J connectivity index is 4.10. The van der Waals surface area contributed by atoms with E-state index >= 15 is 0 Å². The highest BCUT2D eigenvalue weighted by atomic mass is 16.6. The minimum Gasteiger partial charge on any atom is -0.382 e. The summed E-state index contributed by atoms with van der Waals surface area (Å²) in [5, 5.41) is 13.2. The van der Waals surface area contributed by atoms with E-state index in [2.05, 4.69) is 17.2 Å². The number of carbonyl (C=O) groups is 2. The molecule has 0 saturated carbocycles. The summed E-state index contributed by atoms with van der Waals surface area (Å²) in [6.45, 7) is 2.76. The second kappa shape index (κ2) is 15.6. The zero-order valence-corrected chi connectivity index (χ0v) is 15.1. The summed E-state index contributed by atoms with van der Waals surface area (Å²) in [6, 6.07) is 0. The fraction of sp³-hybridized carbons (Fsp3) is 0.812. The molecule has 0 unspecified atom stereocenters. The Morgan fingerprint density at radius 2 is 2.08 bits per heavy atom. The maximum Gasteiger partial charge on any atom is 0.259 e. The predicted molar refractivity (Wildman–Crippen MR) is 100 cm³/mol. The molecule has 0 bridgehead atoms. The highest BCUT2D eigenvalue weighted by Gasteiger charge is 2.17. The van der Waals surface area contributed by atoms with E-state index in [0.717, 1.165) is 32.1 Å². The van der Waals surface area contributed by atoms with Crippen molar-refractivity contribution >= 4 is 25.2 Å². The van der Waals surface area contributed by atoms with Crippen molar-refractivity contribution < 1.29 is 14.5 Å². The van der Waals surface area contributed by atoms with E-state index in [4.69, 9.17) is 5.73 Å². The zero-order valence-electron chi connectivity index (χ0n) is 15.1. The molecule has 141 valence electrons. The molecule has 0 aromatic carbocycles. The summed E-state index contributed by atoms with van der Waals surface area (Å²) in [7, 11) is 1.47. The topological polar surface area (TPSA) is 128 Å². The Morgan fingerprint density at radius 3 is 2.72 bits per heavy atom. The summed E-state index contributed by atoms with van der Waals surface area (Å²) < 4.78 is 0. The summed E-state index contributed by atoms with van der Waals surface area (Å²) >= 11 is 0. The van der Waals surface area contributed by atoms with Gasteiger partial charge in [-0.15, -0.1) is 0 Å². The van der Waals surface area contributed by atoms with Gasteiger partial charge in [0.1, 0.15) is 0 Å². The van der Waals surface area contributed by atoms with Gasteiger partial charge in [-0.05, 0) is 19.3 Å². The summed E-state index contributed by atoms with van der Waals surface area (Å²) in [6.07, 6.45) is 7.62. The molecule has 8 nitrogen and oxygen atoms in total. The van der Waals surface area contributed by atoms with Crippen LogP contribution in [0.25, 0.3) is 0 Å². The maximum absolute atomic E-state index is 12.2. The van der Waals surface area contributed by atoms with Gasteiger partial charge in [-0.25, -0.2) is 0 Å². The number of rotatable bonds is 16. The van der Waals surface area contributed by atoms with Crippen molar-refractivity contribution in [3.63, 3.8) is 0 Å². The molecule has 0 aromatic rings. The summed E-state index contributed by atoms with van der Waals surface area (Å²) in [5.74, 6) is -0.233. The van der Waals surface area contributed by atoms with Crippen LogP contribution in [0.2, 0.25) is 6.32 Å². The molecule has 0 fully saturated rings. The molecule has 0 rings (SSSR count). The number of nitro groups is 1. The minimum atomic E-state index is -0.519. The number of unbranched alkanes of at least 4 members (excludes halogenated alkanes) is 4. The fourth-order valence-corrected chi connectivity index (χ4v) is 2.39. The van der Waals surface area contributed by atoms with Gasteiger partial charge in [-0.1, -0.05) is 38.9 Å². The number of hydrogen-bond acceptors (Lipinski definition) is 5. The minimum absolute atomic E-state index is 0.0145. The second-order valence-corrected chi connectivity index (χ2v) is 6.02. The first-order valence-electron chi connectivity index (χ1n) is 8.96. The maximum atomic E-state index is 12.2. The average molecular weight is 353 g/mol. The van der Waals surface area contributed by atoms with Gasteiger partial charge in [0, 0.05) is 23.9 Å². The van der Waals surface area contributed by atoms with E-state index < -0.39 is 11.5 Å². The van der Waals surface area contributed by atoms with Gasteiger partial charge in [-0.3, -0.25) is 19.9 Å². The molecule has 0 aliphatic rings. The first kappa shape index (κ1) is 23.1. The number of aliphatic imine (C=N–C) groups is 1. The van der Waals surface area contributed by atoms with Gasteiger partial charge >= 0.3 is 0 Å². The van der Waals surface area contributed by atoms with Crippen molar-refractivity contribution in [1.29, 1.82) is 0 Å². The molecule has 25 heavy (non-hydrogen) atoms. The van der Waals surface area contributed by atoms with Gasteiger partial charge in [0.05, 0.1) is 6.19 Å². The molecule has 0 aliphatic heterocycles. The standard InChI is InChI=1S/C16H30BN4O4/c1-2-3-4-6-10-20-16(23)14(11-17-13-22)8-5-7-9-19-15(18)12-21(24)25/h13-14H,2-12H2,1H3,(H2,18,19)(H,20,23)/t14-/m1/s1. The molecule has 0 aromatic heterocycles. The number of carbonyl (C=O) groups excluding carboxylic acids is 2. The first-order valence-corrected chi connectivity index (χ1v) is 8.96. The van der Waals surface area contributed by atoms with Crippen molar-refractivity contribution in [2.75, 3.05) is 19.6 Å². The van der Waals surface area contributed by atoms with E-state index in [9.17, 15) is 19.7 Å². The Bertz CT molecular complexity index is 432. The van der Waals surface area contributed by atoms with Crippen molar-refractivity contribution in [3.8, 4) is 0 Å². The molecule has 0 aliphatic carbocycles. The number of amidine groups is 1. The largest absolute Gasteiger partial charge is 0.382 e. The molecule has 0 spiro atoms. The van der Waals surface area contributed by atoms with Crippen LogP contribution in [0.15, 0.2) is 4.99 Å². The number of nitrogens with one attached hydrogen (secondary N) is 1. The van der Waals surface area contributed by atoms with E-state index in [-0.39, 0.29) is 17.7 Å². The lowest BCUT2D eigenvalue weighted by Gasteiger charge is -2.15. The quantitative estimate of drug-likeness (QED) is 0.0825. The lowest BCUT2D eigenvalue weighted by Crippen LogP contribution is -2.32. The van der Waals surface area contributed by atoms with Crippen molar-refractivity contribution in [2.24, 2.45) is 16.6 Å². The molecular formula is C16H30BN4O4. The van der Waals surface area contributed by atoms with Gasteiger partial charge in [0.2, 0.25) is 5.91 Å². The number of amides is 1. The second-order valence-electron chi connectivity index (χ2n) is 6.02. The Hall–Kier alpha value is -1.93. The lowest BCUT2D eigenvalue weighted by molar-refractivity contribution is -0.463. The van der Waals surface area contributed by atoms with Crippen LogP contribution in [0, 0.1) is 16.0 Å². The Morgan fingerprint density at radius 1 is 1.32 bits per heavy atom. The molecule has 3 N–H and O–H groups in total. The number of hydrogen-bond donors (Lipinski definition) is 2. The van der Waals surface area contributed by atoms with Crippen LogP contribution in [0.1, 0.15) is 51.9 Å². The number of nitrogens with two attached hydrogens (primary N) is 1. The average Bonchev–Trinajstić information content (AvgIpc) is 2.56. The van der Waals surface area contributed by atoms with E-state index in [0.29, 0.717) is 38.4 Å². The molecule has 1 radical (unpaired) electrons. The van der Waals surface area contributed by atoms with Crippen molar-refractivity contribution in [2.45, 2.75) is 58.2 Å². The SMILES string of the molecule is CCCCCCNC(=O)[C@@H](C[B]C=O)CCCCN=C(N)C[N+](=O)[O-]. The van der Waals surface area contributed by atoms with Crippen molar-refractivity contribution in [1.82, 2.24) is 5.32 Å². The smallest absolute Gasteiger partial charge is 0.259 e. The normalized spacial score (nSPS) is 12.4. The van der Waals surface area contributed by atoms with E-state index in [1.54, 1.807) is 0 Å². The van der Waals surface area contributed by atoms with Crippen LogP contribution >= 0.6 is 0 Å². The van der Waals surface area contributed by atoms with Gasteiger partial charge in [-0.2, -0.15) is 0 Å². The molecule has 1 amide bonds. The van der Waals surface area contributed by atoms with Crippen LogP contribution in [0.4, 0.5) is 0 Å². The van der Waals surface area contributed by atoms with Crippen LogP contribution in [0.5, 0.6) is 0 Å². The van der Waals surface area contributed by atoms with Crippen LogP contribution in [-0.4, -0.2) is 49.8 Å². The molecule has 0 saturated heterocycles.